The van der Waals surface area contributed by atoms with E-state index in [0.29, 0.717) is 36.7 Å². The van der Waals surface area contributed by atoms with Gasteiger partial charge in [0.2, 0.25) is 6.41 Å². The van der Waals surface area contributed by atoms with Crippen LogP contribution in [0, 0.1) is 23.2 Å². The Balaban J connectivity index is 1.84. The van der Waals surface area contributed by atoms with Gasteiger partial charge in [0.15, 0.2) is 0 Å². The minimum Gasteiger partial charge on any atom is -0.491 e. The fourth-order valence-corrected chi connectivity index (χ4v) is 2.88. The molecule has 0 unspecified atom stereocenters. The van der Waals surface area contributed by atoms with Crippen molar-refractivity contribution in [3.8, 4) is 35.0 Å². The van der Waals surface area contributed by atoms with Crippen molar-refractivity contribution in [2.45, 2.75) is 12.6 Å². The summed E-state index contributed by atoms with van der Waals surface area (Å²) in [4.78, 5) is 28.8. The van der Waals surface area contributed by atoms with Gasteiger partial charge in [-0.15, -0.1) is 0 Å². The first-order valence-corrected chi connectivity index (χ1v) is 10.2. The highest BCUT2D eigenvalue weighted by molar-refractivity contribution is 6.05. The number of nitrogens with one attached hydrogen (secondary N) is 3. The second kappa shape index (κ2) is 11.4. The molecule has 1 heterocycles. The molecule has 8 nitrogen and oxygen atoms in total. The van der Waals surface area contributed by atoms with Crippen LogP contribution in [0.15, 0.2) is 48.7 Å². The number of anilines is 1. The van der Waals surface area contributed by atoms with Gasteiger partial charge in [0.05, 0.1) is 30.1 Å². The second-order valence-corrected chi connectivity index (χ2v) is 7.02. The number of hydrogen-bond acceptors (Lipinski definition) is 5. The van der Waals surface area contributed by atoms with Gasteiger partial charge in [0.25, 0.3) is 0 Å². The molecule has 0 atom stereocenters. The van der Waals surface area contributed by atoms with Crippen LogP contribution in [0.1, 0.15) is 23.2 Å². The van der Waals surface area contributed by atoms with E-state index in [-0.39, 0.29) is 29.4 Å². The van der Waals surface area contributed by atoms with E-state index < -0.39 is 17.8 Å². The number of aromatic amines is 1. The molecule has 0 saturated carbocycles. The summed E-state index contributed by atoms with van der Waals surface area (Å²) in [5, 5.41) is 14.0. The zero-order valence-electron chi connectivity index (χ0n) is 18.1. The quantitative estimate of drug-likeness (QED) is 0.259. The van der Waals surface area contributed by atoms with Crippen molar-refractivity contribution in [2.24, 2.45) is 0 Å². The number of alkyl halides is 3. The Morgan fingerprint density at radius 3 is 2.71 bits per heavy atom. The van der Waals surface area contributed by atoms with E-state index in [2.05, 4.69) is 32.4 Å². The van der Waals surface area contributed by atoms with Crippen LogP contribution in [0.5, 0.6) is 5.75 Å². The molecule has 0 fully saturated rings. The molecule has 0 saturated heterocycles. The molecule has 3 aromatic rings. The molecule has 0 spiro atoms. The standard InChI is InChI=1S/C24H18F3N5O3/c25-24(26,27)21-14-30-23(32-21)18-6-7-20(35-10-2-9-29-15-33)19(12-18)31-22(34)8-5-16-3-1-4-17(11-16)13-28/h1,3-4,6-7,11-12,14-15H,2,9-10H2,(H,29,33)(H,30,32)(H,31,34). The number of carbonyl (C=O) groups excluding carboxylic acids is 2. The lowest BCUT2D eigenvalue weighted by atomic mass is 10.1. The average Bonchev–Trinajstić information content (AvgIpc) is 3.35. The summed E-state index contributed by atoms with van der Waals surface area (Å²) in [5.41, 5.74) is 0.289. The largest absolute Gasteiger partial charge is 0.491 e. The zero-order valence-corrected chi connectivity index (χ0v) is 18.1. The number of imidazole rings is 1. The lowest BCUT2D eigenvalue weighted by Crippen LogP contribution is -2.15. The number of hydrogen-bond donors (Lipinski definition) is 3. The maximum atomic E-state index is 12.9. The van der Waals surface area contributed by atoms with Crippen molar-refractivity contribution in [3.05, 3.63) is 65.5 Å². The third-order valence-corrected chi connectivity index (χ3v) is 4.50. The van der Waals surface area contributed by atoms with Crippen LogP contribution in [-0.4, -0.2) is 35.4 Å². The first kappa shape index (κ1) is 24.9. The van der Waals surface area contributed by atoms with Crippen molar-refractivity contribution in [1.29, 1.82) is 5.26 Å². The summed E-state index contributed by atoms with van der Waals surface area (Å²) in [5.74, 6) is 4.56. The Bertz CT molecular complexity index is 1320. The lowest BCUT2D eigenvalue weighted by Gasteiger charge is -2.13. The third kappa shape index (κ3) is 7.11. The number of benzene rings is 2. The molecule has 35 heavy (non-hydrogen) atoms. The number of ether oxygens (including phenoxy) is 1. The van der Waals surface area contributed by atoms with Crippen LogP contribution in [-0.2, 0) is 15.8 Å². The van der Waals surface area contributed by atoms with Gasteiger partial charge in [-0.3, -0.25) is 9.59 Å². The maximum Gasteiger partial charge on any atom is 0.432 e. The van der Waals surface area contributed by atoms with E-state index >= 15 is 0 Å². The molecule has 0 radical (unpaired) electrons. The van der Waals surface area contributed by atoms with Crippen LogP contribution >= 0.6 is 0 Å². The summed E-state index contributed by atoms with van der Waals surface area (Å²) in [6.45, 7) is 0.581. The molecule has 0 aliphatic rings. The summed E-state index contributed by atoms with van der Waals surface area (Å²) in [6, 6.07) is 12.8. The monoisotopic (exact) mass is 481 g/mol. The lowest BCUT2D eigenvalue weighted by molar-refractivity contribution is -0.140. The molecule has 11 heteroatoms. The minimum absolute atomic E-state index is 0.0473. The number of rotatable bonds is 8. The minimum atomic E-state index is -4.58. The third-order valence-electron chi connectivity index (χ3n) is 4.50. The number of nitriles is 1. The Hall–Kier alpha value is -4.77. The van der Waals surface area contributed by atoms with E-state index in [0.717, 1.165) is 0 Å². The Kier molecular flexibility index (Phi) is 8.09. The second-order valence-electron chi connectivity index (χ2n) is 7.02. The number of H-pyrrole nitrogens is 1. The summed E-state index contributed by atoms with van der Waals surface area (Å²) >= 11 is 0. The Morgan fingerprint density at radius 2 is 2.00 bits per heavy atom. The van der Waals surface area contributed by atoms with Gasteiger partial charge in [-0.1, -0.05) is 12.0 Å². The number of amides is 2. The zero-order chi connectivity index (χ0) is 25.3. The molecule has 2 amide bonds. The predicted molar refractivity (Wildman–Crippen MR) is 120 cm³/mol. The highest BCUT2D eigenvalue weighted by Gasteiger charge is 2.33. The highest BCUT2D eigenvalue weighted by atomic mass is 19.4. The summed E-state index contributed by atoms with van der Waals surface area (Å²) in [7, 11) is 0. The van der Waals surface area contributed by atoms with E-state index in [4.69, 9.17) is 10.00 Å². The van der Waals surface area contributed by atoms with E-state index in [1.54, 1.807) is 18.2 Å². The fourth-order valence-electron chi connectivity index (χ4n) is 2.88. The van der Waals surface area contributed by atoms with Gasteiger partial charge in [0.1, 0.15) is 17.3 Å². The summed E-state index contributed by atoms with van der Waals surface area (Å²) in [6.07, 6.45) is -2.86. The molecule has 1 aromatic heterocycles. The number of aromatic nitrogens is 2. The Labute approximate surface area is 198 Å². The van der Waals surface area contributed by atoms with Gasteiger partial charge in [-0.25, -0.2) is 4.98 Å². The van der Waals surface area contributed by atoms with Crippen LogP contribution in [0.25, 0.3) is 11.4 Å². The first-order chi connectivity index (χ1) is 16.8. The van der Waals surface area contributed by atoms with Gasteiger partial charge >= 0.3 is 12.1 Å². The van der Waals surface area contributed by atoms with Gasteiger partial charge in [0, 0.05) is 23.6 Å². The first-order valence-electron chi connectivity index (χ1n) is 10.2. The Morgan fingerprint density at radius 1 is 1.20 bits per heavy atom. The van der Waals surface area contributed by atoms with Crippen molar-refractivity contribution < 1.29 is 27.5 Å². The number of carbonyl (C=O) groups is 2. The molecule has 2 aromatic carbocycles. The molecule has 3 rings (SSSR count). The highest BCUT2D eigenvalue weighted by Crippen LogP contribution is 2.32. The van der Waals surface area contributed by atoms with Crippen molar-refractivity contribution in [2.75, 3.05) is 18.5 Å². The van der Waals surface area contributed by atoms with Crippen molar-refractivity contribution >= 4 is 18.0 Å². The molecule has 0 aliphatic heterocycles. The normalized spacial score (nSPS) is 10.5. The molecular weight excluding hydrogens is 463 g/mol. The number of nitrogens with zero attached hydrogens (tertiary/aromatic N) is 2. The molecule has 0 aliphatic carbocycles. The van der Waals surface area contributed by atoms with Gasteiger partial charge < -0.3 is 20.4 Å². The topological polar surface area (TPSA) is 120 Å². The van der Waals surface area contributed by atoms with E-state index in [1.165, 1.54) is 24.3 Å². The molecule has 178 valence electrons. The molecule has 0 bridgehead atoms. The smallest absolute Gasteiger partial charge is 0.432 e. The van der Waals surface area contributed by atoms with Crippen LogP contribution in [0.4, 0.5) is 18.9 Å². The number of halogens is 3. The van der Waals surface area contributed by atoms with Gasteiger partial charge in [-0.05, 0) is 42.8 Å². The van der Waals surface area contributed by atoms with Crippen molar-refractivity contribution in [1.82, 2.24) is 15.3 Å². The SMILES string of the molecule is N#Cc1cccc(C#CC(=O)Nc2cc(-c3ncc(C(F)(F)F)[nH]3)ccc2OCCCNC=O)c1. The van der Waals surface area contributed by atoms with Crippen molar-refractivity contribution in [3.63, 3.8) is 0 Å². The average molecular weight is 481 g/mol. The summed E-state index contributed by atoms with van der Waals surface area (Å²) < 4.78 is 44.4. The van der Waals surface area contributed by atoms with Crippen LogP contribution < -0.4 is 15.4 Å². The fraction of sp³-hybridized carbons (Fsp3) is 0.167. The van der Waals surface area contributed by atoms with Gasteiger partial charge in [-0.2, -0.15) is 18.4 Å². The van der Waals surface area contributed by atoms with Crippen LogP contribution in [0.2, 0.25) is 0 Å². The molecular formula is C24H18F3N5O3. The molecule has 3 N–H and O–H groups in total. The van der Waals surface area contributed by atoms with E-state index in [1.807, 2.05) is 6.07 Å². The predicted octanol–water partition coefficient (Wildman–Crippen LogP) is 3.47. The van der Waals surface area contributed by atoms with E-state index in [9.17, 15) is 22.8 Å². The van der Waals surface area contributed by atoms with Crippen LogP contribution in [0.3, 0.4) is 0 Å². The maximum absolute atomic E-state index is 12.9.